The Morgan fingerprint density at radius 1 is 1.35 bits per heavy atom. The van der Waals surface area contributed by atoms with Crippen LogP contribution < -0.4 is 0 Å². The molecule has 1 saturated heterocycles. The van der Waals surface area contributed by atoms with E-state index in [-0.39, 0.29) is 0 Å². The van der Waals surface area contributed by atoms with Crippen LogP contribution in [0.15, 0.2) is 0 Å². The minimum Gasteiger partial charge on any atom is -0.302 e. The standard InChI is InChI=1S/C15H27NO/c1-11(2)13-6-7-16(9-13)10-14-8-12(3)4-5-15(14)17/h11-14H,4-10H2,1-3H3. The first-order valence-corrected chi connectivity index (χ1v) is 7.31. The molecule has 0 aromatic carbocycles. The first-order valence-electron chi connectivity index (χ1n) is 7.31. The number of hydrogen-bond donors (Lipinski definition) is 0. The Balaban J connectivity index is 1.83. The van der Waals surface area contributed by atoms with Gasteiger partial charge in [0.2, 0.25) is 0 Å². The van der Waals surface area contributed by atoms with Gasteiger partial charge < -0.3 is 4.90 Å². The van der Waals surface area contributed by atoms with Gasteiger partial charge in [-0.3, -0.25) is 4.79 Å². The van der Waals surface area contributed by atoms with Crippen molar-refractivity contribution in [3.05, 3.63) is 0 Å². The highest BCUT2D eigenvalue weighted by Crippen LogP contribution is 2.29. The number of Topliss-reactive ketones (excluding diaryl/α,β-unsaturated/α-hetero) is 1. The Labute approximate surface area is 106 Å². The van der Waals surface area contributed by atoms with E-state index in [0.29, 0.717) is 11.7 Å². The molecule has 2 nitrogen and oxygen atoms in total. The number of ketones is 1. The summed E-state index contributed by atoms with van der Waals surface area (Å²) >= 11 is 0. The van der Waals surface area contributed by atoms with Crippen molar-refractivity contribution in [1.82, 2.24) is 4.90 Å². The summed E-state index contributed by atoms with van der Waals surface area (Å²) in [5.41, 5.74) is 0. The highest BCUT2D eigenvalue weighted by Gasteiger charge is 2.31. The predicted octanol–water partition coefficient (Wildman–Crippen LogP) is 2.97. The number of nitrogens with zero attached hydrogens (tertiary/aromatic N) is 1. The van der Waals surface area contributed by atoms with Crippen LogP contribution in [0.2, 0.25) is 0 Å². The van der Waals surface area contributed by atoms with E-state index in [2.05, 4.69) is 25.7 Å². The van der Waals surface area contributed by atoms with E-state index in [1.807, 2.05) is 0 Å². The molecule has 0 aromatic heterocycles. The van der Waals surface area contributed by atoms with Gasteiger partial charge in [0.05, 0.1) is 0 Å². The number of carbonyl (C=O) groups excluding carboxylic acids is 1. The van der Waals surface area contributed by atoms with E-state index in [4.69, 9.17) is 0 Å². The van der Waals surface area contributed by atoms with Crippen LogP contribution in [0.4, 0.5) is 0 Å². The summed E-state index contributed by atoms with van der Waals surface area (Å²) in [7, 11) is 0. The highest BCUT2D eigenvalue weighted by atomic mass is 16.1. The fraction of sp³-hybridized carbons (Fsp3) is 0.933. The molecule has 1 heterocycles. The van der Waals surface area contributed by atoms with E-state index in [9.17, 15) is 4.79 Å². The lowest BCUT2D eigenvalue weighted by atomic mass is 9.81. The molecule has 0 bridgehead atoms. The number of hydrogen-bond acceptors (Lipinski definition) is 2. The first-order chi connectivity index (χ1) is 8.06. The number of carbonyl (C=O) groups is 1. The van der Waals surface area contributed by atoms with Crippen LogP contribution in [-0.4, -0.2) is 30.3 Å². The van der Waals surface area contributed by atoms with Gasteiger partial charge in [-0.2, -0.15) is 0 Å². The van der Waals surface area contributed by atoms with E-state index in [1.165, 1.54) is 19.5 Å². The average molecular weight is 237 g/mol. The number of rotatable bonds is 3. The maximum absolute atomic E-state index is 11.9. The summed E-state index contributed by atoms with van der Waals surface area (Å²) in [6, 6.07) is 0. The van der Waals surface area contributed by atoms with Crippen molar-refractivity contribution in [1.29, 1.82) is 0 Å². The van der Waals surface area contributed by atoms with Crippen LogP contribution in [0.25, 0.3) is 0 Å². The van der Waals surface area contributed by atoms with E-state index < -0.39 is 0 Å². The van der Waals surface area contributed by atoms with Gasteiger partial charge in [0, 0.05) is 25.4 Å². The summed E-state index contributed by atoms with van der Waals surface area (Å²) in [6.45, 7) is 10.4. The molecule has 3 unspecified atom stereocenters. The van der Waals surface area contributed by atoms with Crippen molar-refractivity contribution in [3.8, 4) is 0 Å². The zero-order chi connectivity index (χ0) is 12.4. The molecular formula is C15H27NO. The molecule has 2 rings (SSSR count). The van der Waals surface area contributed by atoms with E-state index in [0.717, 1.165) is 43.6 Å². The molecule has 1 saturated carbocycles. The van der Waals surface area contributed by atoms with Gasteiger partial charge in [0.25, 0.3) is 0 Å². The first kappa shape index (κ1) is 13.1. The van der Waals surface area contributed by atoms with E-state index in [1.54, 1.807) is 0 Å². The molecule has 2 aliphatic rings. The second-order valence-corrected chi connectivity index (χ2v) is 6.60. The van der Waals surface area contributed by atoms with Gasteiger partial charge >= 0.3 is 0 Å². The molecule has 0 amide bonds. The molecular weight excluding hydrogens is 210 g/mol. The average Bonchev–Trinajstić information content (AvgIpc) is 2.72. The largest absolute Gasteiger partial charge is 0.302 e. The highest BCUT2D eigenvalue weighted by molar-refractivity contribution is 5.81. The molecule has 0 spiro atoms. The molecule has 0 radical (unpaired) electrons. The Morgan fingerprint density at radius 2 is 2.12 bits per heavy atom. The van der Waals surface area contributed by atoms with Crippen molar-refractivity contribution in [2.75, 3.05) is 19.6 Å². The SMILES string of the molecule is CC1CCC(=O)C(CN2CCC(C(C)C)C2)C1. The quantitative estimate of drug-likeness (QED) is 0.752. The summed E-state index contributed by atoms with van der Waals surface area (Å²) in [6.07, 6.45) is 4.40. The fourth-order valence-electron chi connectivity index (χ4n) is 3.39. The lowest BCUT2D eigenvalue weighted by molar-refractivity contribution is -0.126. The molecule has 98 valence electrons. The van der Waals surface area contributed by atoms with Crippen LogP contribution in [0.3, 0.4) is 0 Å². The van der Waals surface area contributed by atoms with Crippen LogP contribution in [0.5, 0.6) is 0 Å². The Hall–Kier alpha value is -0.370. The lowest BCUT2D eigenvalue weighted by Gasteiger charge is -2.29. The third-order valence-corrected chi connectivity index (χ3v) is 4.76. The summed E-state index contributed by atoms with van der Waals surface area (Å²) in [5, 5.41) is 0. The Morgan fingerprint density at radius 3 is 2.76 bits per heavy atom. The minimum atomic E-state index is 0.338. The molecule has 3 atom stereocenters. The predicted molar refractivity (Wildman–Crippen MR) is 70.9 cm³/mol. The molecule has 0 N–H and O–H groups in total. The molecule has 0 aromatic rings. The Kier molecular flexibility index (Phi) is 4.24. The van der Waals surface area contributed by atoms with Crippen molar-refractivity contribution < 1.29 is 4.79 Å². The second kappa shape index (κ2) is 5.51. The van der Waals surface area contributed by atoms with Crippen molar-refractivity contribution in [3.63, 3.8) is 0 Å². The third-order valence-electron chi connectivity index (χ3n) is 4.76. The monoisotopic (exact) mass is 237 g/mol. The minimum absolute atomic E-state index is 0.338. The van der Waals surface area contributed by atoms with Crippen LogP contribution >= 0.6 is 0 Å². The van der Waals surface area contributed by atoms with Crippen LogP contribution in [-0.2, 0) is 4.79 Å². The van der Waals surface area contributed by atoms with Crippen molar-refractivity contribution in [2.45, 2.75) is 46.5 Å². The smallest absolute Gasteiger partial charge is 0.137 e. The maximum atomic E-state index is 11.9. The third kappa shape index (κ3) is 3.31. The Bertz CT molecular complexity index is 274. The van der Waals surface area contributed by atoms with Gasteiger partial charge in [-0.05, 0) is 43.6 Å². The zero-order valence-electron chi connectivity index (χ0n) is 11.6. The molecule has 1 aliphatic heterocycles. The van der Waals surface area contributed by atoms with Crippen LogP contribution in [0.1, 0.15) is 46.5 Å². The molecule has 2 fully saturated rings. The van der Waals surface area contributed by atoms with Crippen molar-refractivity contribution >= 4 is 5.78 Å². The van der Waals surface area contributed by atoms with E-state index >= 15 is 0 Å². The van der Waals surface area contributed by atoms with Gasteiger partial charge in [-0.15, -0.1) is 0 Å². The lowest BCUT2D eigenvalue weighted by Crippen LogP contribution is -2.35. The topological polar surface area (TPSA) is 20.3 Å². The summed E-state index contributed by atoms with van der Waals surface area (Å²) < 4.78 is 0. The second-order valence-electron chi connectivity index (χ2n) is 6.60. The molecule has 2 heteroatoms. The number of likely N-dealkylation sites (tertiary alicyclic amines) is 1. The van der Waals surface area contributed by atoms with Crippen molar-refractivity contribution in [2.24, 2.45) is 23.7 Å². The zero-order valence-corrected chi connectivity index (χ0v) is 11.6. The van der Waals surface area contributed by atoms with Gasteiger partial charge in [0.1, 0.15) is 5.78 Å². The summed E-state index contributed by atoms with van der Waals surface area (Å²) in [4.78, 5) is 14.4. The van der Waals surface area contributed by atoms with Gasteiger partial charge in [-0.1, -0.05) is 20.8 Å². The summed E-state index contributed by atoms with van der Waals surface area (Å²) in [5.74, 6) is 3.26. The molecule has 1 aliphatic carbocycles. The maximum Gasteiger partial charge on any atom is 0.137 e. The van der Waals surface area contributed by atoms with Crippen LogP contribution in [0, 0.1) is 23.7 Å². The van der Waals surface area contributed by atoms with Gasteiger partial charge in [-0.25, -0.2) is 0 Å². The normalized spacial score (nSPS) is 35.8. The molecule has 17 heavy (non-hydrogen) atoms. The van der Waals surface area contributed by atoms with Gasteiger partial charge in [0.15, 0.2) is 0 Å². The fourth-order valence-corrected chi connectivity index (χ4v) is 3.39.